The van der Waals surface area contributed by atoms with Gasteiger partial charge < -0.3 is 11.1 Å². The summed E-state index contributed by atoms with van der Waals surface area (Å²) in [7, 11) is 0. The zero-order valence-electron chi connectivity index (χ0n) is 7.89. The standard InChI is InChI=1S/C9H18N2O/c1-3-7(2)11-8(12)9(10)5-4-6-9/h7H,3-6,10H2,1-2H3,(H,11,12). The van der Waals surface area contributed by atoms with Gasteiger partial charge in [0.25, 0.3) is 0 Å². The molecule has 3 heteroatoms. The Morgan fingerprint density at radius 1 is 1.67 bits per heavy atom. The summed E-state index contributed by atoms with van der Waals surface area (Å²) >= 11 is 0. The minimum atomic E-state index is -0.538. The van der Waals surface area contributed by atoms with Crippen molar-refractivity contribution in [2.45, 2.75) is 51.1 Å². The zero-order chi connectivity index (χ0) is 9.19. The fourth-order valence-electron chi connectivity index (χ4n) is 1.25. The maximum Gasteiger partial charge on any atom is 0.240 e. The first-order valence-corrected chi connectivity index (χ1v) is 4.68. The van der Waals surface area contributed by atoms with Crippen molar-refractivity contribution in [1.82, 2.24) is 5.32 Å². The van der Waals surface area contributed by atoms with Gasteiger partial charge in [0.2, 0.25) is 5.91 Å². The Morgan fingerprint density at radius 3 is 2.58 bits per heavy atom. The van der Waals surface area contributed by atoms with Crippen LogP contribution in [0.4, 0.5) is 0 Å². The molecule has 1 saturated carbocycles. The van der Waals surface area contributed by atoms with Crippen molar-refractivity contribution >= 4 is 5.91 Å². The number of amides is 1. The summed E-state index contributed by atoms with van der Waals surface area (Å²) in [6.45, 7) is 4.05. The Kier molecular flexibility index (Phi) is 2.73. The van der Waals surface area contributed by atoms with Gasteiger partial charge in [0.15, 0.2) is 0 Å². The van der Waals surface area contributed by atoms with E-state index in [1.165, 1.54) is 0 Å². The quantitative estimate of drug-likeness (QED) is 0.657. The van der Waals surface area contributed by atoms with E-state index < -0.39 is 5.54 Å². The maximum atomic E-state index is 11.5. The lowest BCUT2D eigenvalue weighted by molar-refractivity contribution is -0.129. The first-order valence-electron chi connectivity index (χ1n) is 4.68. The van der Waals surface area contributed by atoms with Crippen LogP contribution < -0.4 is 11.1 Å². The van der Waals surface area contributed by atoms with E-state index in [4.69, 9.17) is 5.73 Å². The topological polar surface area (TPSA) is 55.1 Å². The molecule has 1 unspecified atom stereocenters. The Labute approximate surface area is 73.7 Å². The monoisotopic (exact) mass is 170 g/mol. The third-order valence-electron chi connectivity index (χ3n) is 2.69. The number of carbonyl (C=O) groups is 1. The smallest absolute Gasteiger partial charge is 0.240 e. The number of nitrogens with one attached hydrogen (secondary N) is 1. The molecule has 1 aliphatic rings. The van der Waals surface area contributed by atoms with Gasteiger partial charge in [0.05, 0.1) is 5.54 Å². The Hall–Kier alpha value is -0.570. The predicted octanol–water partition coefficient (Wildman–Crippen LogP) is 0.782. The maximum absolute atomic E-state index is 11.5. The van der Waals surface area contributed by atoms with E-state index in [0.29, 0.717) is 0 Å². The van der Waals surface area contributed by atoms with Gasteiger partial charge in [-0.15, -0.1) is 0 Å². The summed E-state index contributed by atoms with van der Waals surface area (Å²) in [6, 6.07) is 0.249. The molecule has 0 spiro atoms. The molecule has 1 fully saturated rings. The SMILES string of the molecule is CCC(C)NC(=O)C1(N)CCC1. The number of nitrogens with two attached hydrogens (primary N) is 1. The van der Waals surface area contributed by atoms with Gasteiger partial charge in [-0.1, -0.05) is 6.92 Å². The minimum absolute atomic E-state index is 0.0306. The number of hydrogen-bond acceptors (Lipinski definition) is 2. The molecule has 1 rings (SSSR count). The largest absolute Gasteiger partial charge is 0.352 e. The average molecular weight is 170 g/mol. The van der Waals surface area contributed by atoms with Crippen molar-refractivity contribution in [3.05, 3.63) is 0 Å². The highest BCUT2D eigenvalue weighted by molar-refractivity contribution is 5.87. The van der Waals surface area contributed by atoms with Crippen molar-refractivity contribution in [2.24, 2.45) is 5.73 Å². The average Bonchev–Trinajstić information content (AvgIpc) is 1.99. The van der Waals surface area contributed by atoms with Gasteiger partial charge in [-0.2, -0.15) is 0 Å². The summed E-state index contributed by atoms with van der Waals surface area (Å²) in [5.41, 5.74) is 5.30. The van der Waals surface area contributed by atoms with E-state index >= 15 is 0 Å². The summed E-state index contributed by atoms with van der Waals surface area (Å²) in [5, 5.41) is 2.91. The van der Waals surface area contributed by atoms with Crippen LogP contribution in [-0.2, 0) is 4.79 Å². The molecule has 3 N–H and O–H groups in total. The highest BCUT2D eigenvalue weighted by atomic mass is 16.2. The summed E-state index contributed by atoms with van der Waals surface area (Å²) < 4.78 is 0. The molecule has 1 atom stereocenters. The fraction of sp³-hybridized carbons (Fsp3) is 0.889. The first kappa shape index (κ1) is 9.52. The van der Waals surface area contributed by atoms with Crippen LogP contribution in [0.1, 0.15) is 39.5 Å². The predicted molar refractivity (Wildman–Crippen MR) is 48.7 cm³/mol. The summed E-state index contributed by atoms with van der Waals surface area (Å²) in [4.78, 5) is 11.5. The van der Waals surface area contributed by atoms with Gasteiger partial charge in [0, 0.05) is 6.04 Å². The Morgan fingerprint density at radius 2 is 2.25 bits per heavy atom. The molecule has 70 valence electrons. The van der Waals surface area contributed by atoms with Crippen LogP contribution in [0.25, 0.3) is 0 Å². The second-order valence-electron chi connectivity index (χ2n) is 3.79. The van der Waals surface area contributed by atoms with Crippen LogP contribution in [0.2, 0.25) is 0 Å². The van der Waals surface area contributed by atoms with Crippen LogP contribution in [0.3, 0.4) is 0 Å². The number of carbonyl (C=O) groups excluding carboxylic acids is 1. The molecule has 0 aromatic carbocycles. The molecular weight excluding hydrogens is 152 g/mol. The van der Waals surface area contributed by atoms with Crippen LogP contribution in [0.15, 0.2) is 0 Å². The van der Waals surface area contributed by atoms with Gasteiger partial charge in [-0.3, -0.25) is 4.79 Å². The van der Waals surface area contributed by atoms with E-state index in [1.807, 2.05) is 6.92 Å². The van der Waals surface area contributed by atoms with Gasteiger partial charge >= 0.3 is 0 Å². The third kappa shape index (κ3) is 1.78. The molecule has 1 aliphatic carbocycles. The molecule has 0 aliphatic heterocycles. The second-order valence-corrected chi connectivity index (χ2v) is 3.79. The zero-order valence-corrected chi connectivity index (χ0v) is 7.89. The van der Waals surface area contributed by atoms with Gasteiger partial charge in [-0.25, -0.2) is 0 Å². The highest BCUT2D eigenvalue weighted by Crippen LogP contribution is 2.29. The highest BCUT2D eigenvalue weighted by Gasteiger charge is 2.40. The van der Waals surface area contributed by atoms with Crippen LogP contribution >= 0.6 is 0 Å². The molecule has 3 nitrogen and oxygen atoms in total. The summed E-state index contributed by atoms with van der Waals surface area (Å²) in [5.74, 6) is 0.0306. The summed E-state index contributed by atoms with van der Waals surface area (Å²) in [6.07, 6.45) is 3.73. The van der Waals surface area contributed by atoms with Crippen LogP contribution in [0.5, 0.6) is 0 Å². The Balaban J connectivity index is 2.37. The van der Waals surface area contributed by atoms with E-state index in [9.17, 15) is 4.79 Å². The van der Waals surface area contributed by atoms with Crippen molar-refractivity contribution in [1.29, 1.82) is 0 Å². The molecule has 1 amide bonds. The van der Waals surface area contributed by atoms with Crippen molar-refractivity contribution < 1.29 is 4.79 Å². The Bertz CT molecular complexity index is 175. The minimum Gasteiger partial charge on any atom is -0.352 e. The lowest BCUT2D eigenvalue weighted by atomic mass is 9.77. The first-order chi connectivity index (χ1) is 5.58. The van der Waals surface area contributed by atoms with Crippen molar-refractivity contribution in [2.75, 3.05) is 0 Å². The van der Waals surface area contributed by atoms with Gasteiger partial charge in [0.1, 0.15) is 0 Å². The van der Waals surface area contributed by atoms with E-state index in [0.717, 1.165) is 25.7 Å². The van der Waals surface area contributed by atoms with Crippen molar-refractivity contribution in [3.8, 4) is 0 Å². The van der Waals surface area contributed by atoms with E-state index in [2.05, 4.69) is 12.2 Å². The molecule has 0 aromatic heterocycles. The lowest BCUT2D eigenvalue weighted by Gasteiger charge is -2.37. The molecule has 0 radical (unpaired) electrons. The molecular formula is C9H18N2O. The molecule has 0 bridgehead atoms. The third-order valence-corrected chi connectivity index (χ3v) is 2.69. The number of hydrogen-bond donors (Lipinski definition) is 2. The van der Waals surface area contributed by atoms with Crippen LogP contribution in [-0.4, -0.2) is 17.5 Å². The number of rotatable bonds is 3. The molecule has 12 heavy (non-hydrogen) atoms. The van der Waals surface area contributed by atoms with Crippen molar-refractivity contribution in [3.63, 3.8) is 0 Å². The second kappa shape index (κ2) is 3.44. The molecule has 0 aromatic rings. The molecule has 0 heterocycles. The lowest BCUT2D eigenvalue weighted by Crippen LogP contribution is -2.59. The fourth-order valence-corrected chi connectivity index (χ4v) is 1.25. The normalized spacial score (nSPS) is 22.6. The van der Waals surface area contributed by atoms with E-state index in [1.54, 1.807) is 0 Å². The van der Waals surface area contributed by atoms with Crippen LogP contribution in [0, 0.1) is 0 Å². The molecule has 0 saturated heterocycles. The van der Waals surface area contributed by atoms with Gasteiger partial charge in [-0.05, 0) is 32.6 Å². The van der Waals surface area contributed by atoms with E-state index in [-0.39, 0.29) is 11.9 Å².